The average Bonchev–Trinajstić information content (AvgIpc) is 2.79. The fourth-order valence-electron chi connectivity index (χ4n) is 3.79. The van der Waals surface area contributed by atoms with Gasteiger partial charge in [0.25, 0.3) is 0 Å². The standard InChI is InChI=1S/C11H16N2.C2H6/c1-6-3-8-4-9(6)11-7(2)13-12-5-10(8)11;1-2/h5-6,8-11H,3-4H2,1-2H3;1-2H3. The second-order valence-electron chi connectivity index (χ2n) is 4.98. The summed E-state index contributed by atoms with van der Waals surface area (Å²) in [6, 6.07) is 0. The maximum Gasteiger partial charge on any atom is 0.0415 e. The Balaban J connectivity index is 0.000000404. The summed E-state index contributed by atoms with van der Waals surface area (Å²) < 4.78 is 0. The van der Waals surface area contributed by atoms with Crippen LogP contribution in [0, 0.1) is 29.6 Å². The molecule has 2 saturated carbocycles. The molecule has 2 nitrogen and oxygen atoms in total. The fraction of sp³-hybridized carbons (Fsp3) is 0.846. The van der Waals surface area contributed by atoms with Gasteiger partial charge in [-0.15, -0.1) is 0 Å². The molecular formula is C13H22N2. The highest BCUT2D eigenvalue weighted by Crippen LogP contribution is 2.55. The van der Waals surface area contributed by atoms with Gasteiger partial charge in [0.1, 0.15) is 0 Å². The summed E-state index contributed by atoms with van der Waals surface area (Å²) in [4.78, 5) is 0. The van der Waals surface area contributed by atoms with Crippen LogP contribution >= 0.6 is 0 Å². The van der Waals surface area contributed by atoms with Crippen molar-refractivity contribution in [3.05, 3.63) is 0 Å². The van der Waals surface area contributed by atoms with Crippen molar-refractivity contribution >= 4 is 11.9 Å². The molecule has 1 aliphatic heterocycles. The number of hydrogen-bond acceptors (Lipinski definition) is 2. The molecule has 2 fully saturated rings. The maximum atomic E-state index is 4.21. The average molecular weight is 206 g/mol. The molecule has 5 atom stereocenters. The van der Waals surface area contributed by atoms with E-state index in [0.717, 1.165) is 29.6 Å². The Kier molecular flexibility index (Phi) is 2.94. The second kappa shape index (κ2) is 4.07. The van der Waals surface area contributed by atoms with Gasteiger partial charge >= 0.3 is 0 Å². The first-order valence-corrected chi connectivity index (χ1v) is 6.35. The highest BCUT2D eigenvalue weighted by Gasteiger charge is 2.52. The van der Waals surface area contributed by atoms with Gasteiger partial charge in [0.05, 0.1) is 0 Å². The molecule has 0 aromatic rings. The minimum Gasteiger partial charge on any atom is -0.163 e. The molecule has 0 aromatic heterocycles. The summed E-state index contributed by atoms with van der Waals surface area (Å²) in [6.45, 7) is 8.56. The Morgan fingerprint density at radius 2 is 2.00 bits per heavy atom. The second-order valence-corrected chi connectivity index (χ2v) is 4.98. The first-order chi connectivity index (χ1) is 7.27. The minimum atomic E-state index is 0.735. The molecule has 0 saturated heterocycles. The highest BCUT2D eigenvalue weighted by atomic mass is 15.2. The molecule has 3 aliphatic rings. The molecule has 5 unspecified atom stereocenters. The first kappa shape index (κ1) is 10.8. The Hall–Kier alpha value is -0.660. The van der Waals surface area contributed by atoms with Crippen LogP contribution in [0.4, 0.5) is 0 Å². The van der Waals surface area contributed by atoms with Crippen LogP contribution in [0.3, 0.4) is 0 Å². The Morgan fingerprint density at radius 1 is 1.27 bits per heavy atom. The predicted octanol–water partition coefficient (Wildman–Crippen LogP) is 3.38. The van der Waals surface area contributed by atoms with E-state index in [-0.39, 0.29) is 0 Å². The van der Waals surface area contributed by atoms with Gasteiger partial charge in [-0.25, -0.2) is 0 Å². The molecule has 2 aliphatic carbocycles. The van der Waals surface area contributed by atoms with Crippen molar-refractivity contribution in [3.63, 3.8) is 0 Å². The normalized spacial score (nSPS) is 45.6. The van der Waals surface area contributed by atoms with E-state index in [2.05, 4.69) is 30.3 Å². The molecule has 84 valence electrons. The van der Waals surface area contributed by atoms with Crippen LogP contribution in [-0.2, 0) is 0 Å². The zero-order chi connectivity index (χ0) is 11.0. The molecule has 2 bridgehead atoms. The van der Waals surface area contributed by atoms with Crippen LogP contribution in [-0.4, -0.2) is 11.9 Å². The quantitative estimate of drug-likeness (QED) is 0.580. The monoisotopic (exact) mass is 206 g/mol. The lowest BCUT2D eigenvalue weighted by molar-refractivity contribution is 0.273. The topological polar surface area (TPSA) is 24.7 Å². The SMILES string of the molecule is CC.CC1=NN=CC2C3CC(C)C(C3)C12. The zero-order valence-electron chi connectivity index (χ0n) is 10.3. The van der Waals surface area contributed by atoms with E-state index < -0.39 is 0 Å². The molecule has 3 rings (SSSR count). The summed E-state index contributed by atoms with van der Waals surface area (Å²) in [7, 11) is 0. The van der Waals surface area contributed by atoms with Gasteiger partial charge in [0, 0.05) is 23.8 Å². The van der Waals surface area contributed by atoms with E-state index in [1.165, 1.54) is 18.6 Å². The van der Waals surface area contributed by atoms with Gasteiger partial charge in [-0.3, -0.25) is 0 Å². The lowest BCUT2D eigenvalue weighted by Gasteiger charge is -2.33. The van der Waals surface area contributed by atoms with Gasteiger partial charge in [-0.05, 0) is 37.5 Å². The van der Waals surface area contributed by atoms with Crippen LogP contribution in [0.1, 0.15) is 40.5 Å². The van der Waals surface area contributed by atoms with Crippen molar-refractivity contribution in [1.82, 2.24) is 0 Å². The Morgan fingerprint density at radius 3 is 2.73 bits per heavy atom. The molecule has 2 heteroatoms. The number of nitrogens with zero attached hydrogens (tertiary/aromatic N) is 2. The summed E-state index contributed by atoms with van der Waals surface area (Å²) in [5.41, 5.74) is 1.28. The van der Waals surface area contributed by atoms with Crippen LogP contribution < -0.4 is 0 Å². The van der Waals surface area contributed by atoms with E-state index in [0.29, 0.717) is 0 Å². The number of hydrogen-bond donors (Lipinski definition) is 0. The van der Waals surface area contributed by atoms with Crippen molar-refractivity contribution in [1.29, 1.82) is 0 Å². The summed E-state index contributed by atoms with van der Waals surface area (Å²) >= 11 is 0. The predicted molar refractivity (Wildman–Crippen MR) is 65.3 cm³/mol. The van der Waals surface area contributed by atoms with Gasteiger partial charge in [0.15, 0.2) is 0 Å². The summed E-state index contributed by atoms with van der Waals surface area (Å²) in [5.74, 6) is 4.22. The molecular weight excluding hydrogens is 184 g/mol. The lowest BCUT2D eigenvalue weighted by Crippen LogP contribution is -2.34. The number of fused-ring (bicyclic) bond motifs is 5. The Labute approximate surface area is 92.9 Å². The molecule has 0 N–H and O–H groups in total. The molecule has 0 radical (unpaired) electrons. The van der Waals surface area contributed by atoms with E-state index >= 15 is 0 Å². The van der Waals surface area contributed by atoms with Crippen LogP contribution in [0.25, 0.3) is 0 Å². The third kappa shape index (κ3) is 1.54. The minimum absolute atomic E-state index is 0.735. The largest absolute Gasteiger partial charge is 0.163 e. The maximum absolute atomic E-state index is 4.21. The van der Waals surface area contributed by atoms with Gasteiger partial charge in [-0.2, -0.15) is 10.2 Å². The van der Waals surface area contributed by atoms with Gasteiger partial charge in [0.2, 0.25) is 0 Å². The smallest absolute Gasteiger partial charge is 0.0415 e. The Bertz CT molecular complexity index is 293. The van der Waals surface area contributed by atoms with Crippen LogP contribution in [0.5, 0.6) is 0 Å². The fourth-order valence-corrected chi connectivity index (χ4v) is 3.79. The molecule has 0 spiro atoms. The van der Waals surface area contributed by atoms with Crippen molar-refractivity contribution < 1.29 is 0 Å². The van der Waals surface area contributed by atoms with E-state index in [1.807, 2.05) is 13.8 Å². The third-order valence-corrected chi connectivity index (χ3v) is 4.34. The van der Waals surface area contributed by atoms with Crippen LogP contribution in [0.2, 0.25) is 0 Å². The van der Waals surface area contributed by atoms with Gasteiger partial charge < -0.3 is 0 Å². The first-order valence-electron chi connectivity index (χ1n) is 6.35. The molecule has 1 heterocycles. The molecule has 0 aromatic carbocycles. The van der Waals surface area contributed by atoms with E-state index in [9.17, 15) is 0 Å². The van der Waals surface area contributed by atoms with E-state index in [4.69, 9.17) is 0 Å². The van der Waals surface area contributed by atoms with Crippen LogP contribution in [0.15, 0.2) is 10.2 Å². The van der Waals surface area contributed by atoms with Crippen molar-refractivity contribution in [2.24, 2.45) is 39.8 Å². The molecule has 15 heavy (non-hydrogen) atoms. The molecule has 0 amide bonds. The summed E-state index contributed by atoms with van der Waals surface area (Å²) in [6.07, 6.45) is 4.95. The zero-order valence-corrected chi connectivity index (χ0v) is 10.3. The van der Waals surface area contributed by atoms with E-state index in [1.54, 1.807) is 0 Å². The summed E-state index contributed by atoms with van der Waals surface area (Å²) in [5, 5.41) is 8.32. The third-order valence-electron chi connectivity index (χ3n) is 4.34. The number of rotatable bonds is 0. The van der Waals surface area contributed by atoms with Crippen molar-refractivity contribution in [3.8, 4) is 0 Å². The van der Waals surface area contributed by atoms with Gasteiger partial charge in [-0.1, -0.05) is 20.8 Å². The van der Waals surface area contributed by atoms with Crippen molar-refractivity contribution in [2.45, 2.75) is 40.5 Å². The highest BCUT2D eigenvalue weighted by molar-refractivity contribution is 5.90. The lowest BCUT2D eigenvalue weighted by atomic mass is 9.73. The van der Waals surface area contributed by atoms with Crippen molar-refractivity contribution in [2.75, 3.05) is 0 Å².